The van der Waals surface area contributed by atoms with Gasteiger partial charge in [-0.15, -0.1) is 0 Å². The van der Waals surface area contributed by atoms with E-state index in [1.807, 2.05) is 13.0 Å². The molecule has 0 saturated heterocycles. The minimum absolute atomic E-state index is 0.146. The molecule has 3 rings (SSSR count). The fourth-order valence-corrected chi connectivity index (χ4v) is 9.71. The van der Waals surface area contributed by atoms with Crippen molar-refractivity contribution in [3.63, 3.8) is 0 Å². The first-order valence-corrected chi connectivity index (χ1v) is 17.1. The van der Waals surface area contributed by atoms with Crippen molar-refractivity contribution in [2.24, 2.45) is 0 Å². The molecule has 0 amide bonds. The summed E-state index contributed by atoms with van der Waals surface area (Å²) >= 11 is 0. The van der Waals surface area contributed by atoms with Gasteiger partial charge in [0, 0.05) is 12.1 Å². The highest BCUT2D eigenvalue weighted by molar-refractivity contribution is 8.32. The average molecular weight is 634 g/mol. The van der Waals surface area contributed by atoms with Gasteiger partial charge in [0.1, 0.15) is 28.5 Å². The van der Waals surface area contributed by atoms with Gasteiger partial charge < -0.3 is 18.9 Å². The number of carbonyl (C=O) groups excluding carboxylic acids is 2. The van der Waals surface area contributed by atoms with Crippen LogP contribution < -0.4 is 9.47 Å². The maximum Gasteiger partial charge on any atom is 0.514 e. The standard InChI is InChI=1S/C32H40O9S2/c1-8-9-21-42(35,36)41-43(26-17-11-10-12-18-26,27-19-13-15-24(22-27)37-29(33)39-31(2,3)4)28-20-14-16-25(23-28)38-30(34)40-32(5,6)7/h10-20,22-23H,8-9,21H2,1-7H3/p+1. The number of hydrogen-bond acceptors (Lipinski definition) is 8. The van der Waals surface area contributed by atoms with Crippen LogP contribution in [0.5, 0.6) is 11.5 Å². The first-order chi connectivity index (χ1) is 20.0. The summed E-state index contributed by atoms with van der Waals surface area (Å²) in [7, 11) is -6.90. The number of ether oxygens (including phenoxy) is 4. The zero-order valence-corrected chi connectivity index (χ0v) is 27.3. The lowest BCUT2D eigenvalue weighted by molar-refractivity contribution is 0.0192. The SMILES string of the molecule is CCCCS(=O)(=O)[OH+]S(c1ccccc1)(c1cccc(OC(=O)OC(C)(C)C)c1)c1cccc(OC(=O)OC(C)(C)C)c1. The number of rotatable bonds is 10. The second-order valence-electron chi connectivity index (χ2n) is 11.7. The first kappa shape index (κ1) is 34.0. The van der Waals surface area contributed by atoms with Crippen molar-refractivity contribution in [3.05, 3.63) is 78.9 Å². The van der Waals surface area contributed by atoms with Crippen molar-refractivity contribution in [1.29, 1.82) is 0 Å². The van der Waals surface area contributed by atoms with Crippen LogP contribution in [0.25, 0.3) is 0 Å². The van der Waals surface area contributed by atoms with Gasteiger partial charge in [-0.1, -0.05) is 43.7 Å². The Hall–Kier alpha value is -3.54. The Morgan fingerprint density at radius 2 is 1.12 bits per heavy atom. The smallest absolute Gasteiger partial charge is 0.428 e. The molecule has 3 aromatic carbocycles. The quantitative estimate of drug-likeness (QED) is 0.0941. The van der Waals surface area contributed by atoms with Gasteiger partial charge in [-0.25, -0.2) is 9.59 Å². The van der Waals surface area contributed by atoms with Crippen molar-refractivity contribution in [1.82, 2.24) is 0 Å². The first-order valence-electron chi connectivity index (χ1n) is 13.9. The van der Waals surface area contributed by atoms with E-state index in [0.717, 1.165) is 0 Å². The van der Waals surface area contributed by atoms with E-state index in [-0.39, 0.29) is 17.3 Å². The monoisotopic (exact) mass is 633 g/mol. The Labute approximate surface area is 256 Å². The molecule has 0 heterocycles. The largest absolute Gasteiger partial charge is 0.514 e. The van der Waals surface area contributed by atoms with Gasteiger partial charge >= 0.3 is 22.4 Å². The van der Waals surface area contributed by atoms with E-state index in [2.05, 4.69) is 3.63 Å². The van der Waals surface area contributed by atoms with Crippen LogP contribution in [0.1, 0.15) is 61.3 Å². The molecule has 0 aliphatic heterocycles. The molecule has 0 unspecified atom stereocenters. The van der Waals surface area contributed by atoms with Crippen molar-refractivity contribution in [2.75, 3.05) is 5.75 Å². The highest BCUT2D eigenvalue weighted by atomic mass is 32.3. The molecule has 1 N–H and O–H groups in total. The maximum absolute atomic E-state index is 13.6. The molecular formula is C32H41O9S2+. The van der Waals surface area contributed by atoms with Crippen molar-refractivity contribution < 1.29 is 40.6 Å². The summed E-state index contributed by atoms with van der Waals surface area (Å²) < 4.78 is 53.5. The van der Waals surface area contributed by atoms with Crippen molar-refractivity contribution in [3.8, 4) is 11.5 Å². The molecule has 234 valence electrons. The molecule has 0 atom stereocenters. The fraction of sp³-hybridized carbons (Fsp3) is 0.375. The summed E-state index contributed by atoms with van der Waals surface area (Å²) in [5.74, 6) is 0.163. The molecule has 0 bridgehead atoms. The van der Waals surface area contributed by atoms with Crippen LogP contribution in [0.15, 0.2) is 93.5 Å². The number of unbranched alkanes of at least 4 members (excludes halogenated alkanes) is 1. The molecular weight excluding hydrogens is 592 g/mol. The van der Waals surface area contributed by atoms with Crippen LogP contribution in [0.2, 0.25) is 0 Å². The van der Waals surface area contributed by atoms with E-state index in [4.69, 9.17) is 18.9 Å². The van der Waals surface area contributed by atoms with E-state index < -0.39 is 43.9 Å². The summed E-state index contributed by atoms with van der Waals surface area (Å²) in [6, 6.07) is 22.2. The van der Waals surface area contributed by atoms with Crippen molar-refractivity contribution in [2.45, 2.75) is 87.2 Å². The molecule has 11 heteroatoms. The molecule has 0 fully saturated rings. The molecule has 0 spiro atoms. The van der Waals surface area contributed by atoms with Gasteiger partial charge in [0.25, 0.3) is 0 Å². The molecule has 0 radical (unpaired) electrons. The predicted molar refractivity (Wildman–Crippen MR) is 167 cm³/mol. The van der Waals surface area contributed by atoms with Crippen LogP contribution in [-0.4, -0.2) is 41.3 Å². The summed E-state index contributed by atoms with van der Waals surface area (Å²) in [6.45, 7) is 12.2. The lowest BCUT2D eigenvalue weighted by Crippen LogP contribution is -2.26. The van der Waals surface area contributed by atoms with E-state index >= 15 is 0 Å². The van der Waals surface area contributed by atoms with Crippen LogP contribution in [0.3, 0.4) is 0 Å². The fourth-order valence-electron chi connectivity index (χ4n) is 3.87. The van der Waals surface area contributed by atoms with Crippen LogP contribution in [0, 0.1) is 0 Å². The third-order valence-electron chi connectivity index (χ3n) is 5.54. The normalized spacial score (nSPS) is 12.7. The molecule has 3 aromatic rings. The highest BCUT2D eigenvalue weighted by Crippen LogP contribution is 2.69. The van der Waals surface area contributed by atoms with E-state index in [1.54, 1.807) is 114 Å². The Morgan fingerprint density at radius 1 is 0.674 bits per heavy atom. The van der Waals surface area contributed by atoms with Crippen LogP contribution >= 0.6 is 10.3 Å². The average Bonchev–Trinajstić information content (AvgIpc) is 2.89. The molecule has 0 aliphatic rings. The second kappa shape index (κ2) is 13.8. The summed E-state index contributed by atoms with van der Waals surface area (Å²) in [5, 5.41) is 0. The lowest BCUT2D eigenvalue weighted by atomic mass is 10.2. The summed E-state index contributed by atoms with van der Waals surface area (Å²) in [5.41, 5.74) is -1.55. The zero-order chi connectivity index (χ0) is 31.9. The third-order valence-corrected chi connectivity index (χ3v) is 11.0. The summed E-state index contributed by atoms with van der Waals surface area (Å²) in [6.07, 6.45) is -0.698. The third kappa shape index (κ3) is 10.0. The Balaban J connectivity index is 2.24. The Kier molecular flexibility index (Phi) is 10.9. The van der Waals surface area contributed by atoms with Crippen LogP contribution in [-0.2, 0) is 19.6 Å². The van der Waals surface area contributed by atoms with Gasteiger partial charge in [-0.2, -0.15) is 8.42 Å². The number of carbonyl (C=O) groups is 2. The van der Waals surface area contributed by atoms with Gasteiger partial charge in [0.2, 0.25) is 0 Å². The highest BCUT2D eigenvalue weighted by Gasteiger charge is 2.43. The number of benzene rings is 3. The predicted octanol–water partition coefficient (Wildman–Crippen LogP) is 8.73. The number of hydrogen-bond donors (Lipinski definition) is 0. The zero-order valence-electron chi connectivity index (χ0n) is 25.7. The molecule has 0 saturated carbocycles. The van der Waals surface area contributed by atoms with Gasteiger partial charge in [0.15, 0.2) is 0 Å². The Bertz CT molecular complexity index is 1430. The molecule has 9 nitrogen and oxygen atoms in total. The summed E-state index contributed by atoms with van der Waals surface area (Å²) in [4.78, 5) is 26.6. The molecule has 43 heavy (non-hydrogen) atoms. The van der Waals surface area contributed by atoms with Crippen molar-refractivity contribution >= 4 is 32.7 Å². The minimum Gasteiger partial charge on any atom is -0.428 e. The van der Waals surface area contributed by atoms with Gasteiger partial charge in [-0.05, 0) is 84.4 Å². The molecule has 0 aliphatic carbocycles. The van der Waals surface area contributed by atoms with Crippen LogP contribution in [0.4, 0.5) is 9.59 Å². The van der Waals surface area contributed by atoms with E-state index in [9.17, 15) is 18.0 Å². The van der Waals surface area contributed by atoms with Gasteiger partial charge in [-0.3, -0.25) is 3.63 Å². The minimum atomic E-state index is -3.97. The topological polar surface area (TPSA) is 118 Å². The van der Waals surface area contributed by atoms with Gasteiger partial charge in [0.05, 0.1) is 25.0 Å². The Morgan fingerprint density at radius 3 is 1.53 bits per heavy atom. The maximum atomic E-state index is 13.6. The second-order valence-corrected chi connectivity index (χ2v) is 16.4. The van der Waals surface area contributed by atoms with E-state index in [0.29, 0.717) is 27.5 Å². The molecule has 0 aromatic heterocycles. The van der Waals surface area contributed by atoms with E-state index in [1.165, 1.54) is 0 Å². The lowest BCUT2D eigenvalue weighted by Gasteiger charge is -2.35.